The maximum atomic E-state index is 12.1. The fourth-order valence-electron chi connectivity index (χ4n) is 1.96. The van der Waals surface area contributed by atoms with Crippen LogP contribution in [-0.2, 0) is 4.79 Å². The third-order valence-corrected chi connectivity index (χ3v) is 5.59. The first-order valence-electron chi connectivity index (χ1n) is 6.74. The summed E-state index contributed by atoms with van der Waals surface area (Å²) in [6, 6.07) is 4.92. The van der Waals surface area contributed by atoms with Crippen molar-refractivity contribution in [2.75, 3.05) is 11.9 Å². The SMILES string of the molecule is Cc1c(Cl)c(C)c(Cl)c(OCC(=O)Nc2cccc(Cl)c2Cl)c1Cl. The first-order chi connectivity index (χ1) is 11.2. The summed E-state index contributed by atoms with van der Waals surface area (Å²) in [5.74, 6) is -0.221. The molecular weight excluding hydrogens is 415 g/mol. The topological polar surface area (TPSA) is 38.3 Å². The van der Waals surface area contributed by atoms with E-state index in [9.17, 15) is 4.79 Å². The average molecular weight is 428 g/mol. The molecule has 1 N–H and O–H groups in total. The lowest BCUT2D eigenvalue weighted by Gasteiger charge is -2.15. The van der Waals surface area contributed by atoms with Crippen molar-refractivity contribution >= 4 is 69.6 Å². The van der Waals surface area contributed by atoms with Crippen LogP contribution in [0.5, 0.6) is 5.75 Å². The van der Waals surface area contributed by atoms with Crippen LogP contribution in [0, 0.1) is 13.8 Å². The van der Waals surface area contributed by atoms with Gasteiger partial charge in [0.15, 0.2) is 12.4 Å². The Bertz CT molecular complexity index is 779. The Kier molecular flexibility index (Phi) is 6.52. The number of rotatable bonds is 4. The third-order valence-electron chi connectivity index (χ3n) is 3.29. The number of carbonyl (C=O) groups is 1. The summed E-state index contributed by atoms with van der Waals surface area (Å²) >= 11 is 30.5. The summed E-state index contributed by atoms with van der Waals surface area (Å²) in [6.07, 6.45) is 0. The number of anilines is 1. The molecule has 0 bridgehead atoms. The van der Waals surface area contributed by atoms with Gasteiger partial charge in [-0.05, 0) is 37.1 Å². The van der Waals surface area contributed by atoms with Crippen molar-refractivity contribution in [1.82, 2.24) is 0 Å². The molecule has 0 unspecified atom stereocenters. The number of hydrogen-bond acceptors (Lipinski definition) is 2. The summed E-state index contributed by atoms with van der Waals surface area (Å²) in [5, 5.41) is 4.20. The Labute approximate surface area is 164 Å². The predicted octanol–water partition coefficient (Wildman–Crippen LogP) is 6.59. The first kappa shape index (κ1) is 19.5. The van der Waals surface area contributed by atoms with E-state index in [-0.39, 0.29) is 27.4 Å². The standard InChI is InChI=1S/C16H12Cl5NO2/c1-7-12(18)8(2)14(20)16(13(7)19)24-6-11(23)22-10-5-3-4-9(17)15(10)21/h3-5H,6H2,1-2H3,(H,22,23). The van der Waals surface area contributed by atoms with Crippen molar-refractivity contribution in [2.45, 2.75) is 13.8 Å². The second-order valence-electron chi connectivity index (χ2n) is 4.96. The molecule has 0 aromatic heterocycles. The molecule has 0 aliphatic rings. The van der Waals surface area contributed by atoms with E-state index in [0.29, 0.717) is 26.9 Å². The maximum Gasteiger partial charge on any atom is 0.262 e. The van der Waals surface area contributed by atoms with Gasteiger partial charge in [-0.3, -0.25) is 4.79 Å². The highest BCUT2D eigenvalue weighted by Crippen LogP contribution is 2.42. The molecule has 0 spiro atoms. The van der Waals surface area contributed by atoms with Gasteiger partial charge in [-0.25, -0.2) is 0 Å². The van der Waals surface area contributed by atoms with Crippen LogP contribution in [0.25, 0.3) is 0 Å². The molecule has 0 radical (unpaired) electrons. The van der Waals surface area contributed by atoms with Gasteiger partial charge in [-0.15, -0.1) is 0 Å². The van der Waals surface area contributed by atoms with Crippen LogP contribution in [0.2, 0.25) is 25.1 Å². The van der Waals surface area contributed by atoms with Gasteiger partial charge in [0.05, 0.1) is 25.8 Å². The third kappa shape index (κ3) is 4.04. The van der Waals surface area contributed by atoms with Gasteiger partial charge in [-0.2, -0.15) is 0 Å². The van der Waals surface area contributed by atoms with Crippen molar-refractivity contribution in [1.29, 1.82) is 0 Å². The van der Waals surface area contributed by atoms with Crippen molar-refractivity contribution < 1.29 is 9.53 Å². The molecule has 1 amide bonds. The summed E-state index contributed by atoms with van der Waals surface area (Å²) in [5.41, 5.74) is 1.65. The van der Waals surface area contributed by atoms with E-state index in [1.807, 2.05) is 0 Å². The molecule has 128 valence electrons. The Hall–Kier alpha value is -0.840. The summed E-state index contributed by atoms with van der Waals surface area (Å²) in [4.78, 5) is 12.1. The number of amides is 1. The molecule has 2 aromatic rings. The minimum absolute atomic E-state index is 0.213. The number of carbonyl (C=O) groups excluding carboxylic acids is 1. The van der Waals surface area contributed by atoms with E-state index in [4.69, 9.17) is 62.7 Å². The van der Waals surface area contributed by atoms with Gasteiger partial charge in [0.2, 0.25) is 0 Å². The van der Waals surface area contributed by atoms with E-state index in [2.05, 4.69) is 5.32 Å². The quantitative estimate of drug-likeness (QED) is 0.598. The Morgan fingerprint density at radius 2 is 1.54 bits per heavy atom. The molecule has 0 aliphatic heterocycles. The van der Waals surface area contributed by atoms with Crippen LogP contribution >= 0.6 is 58.0 Å². The summed E-state index contributed by atoms with van der Waals surface area (Å²) in [6.45, 7) is 3.18. The molecule has 0 atom stereocenters. The minimum Gasteiger partial charge on any atom is -0.481 e. The van der Waals surface area contributed by atoms with Crippen LogP contribution in [-0.4, -0.2) is 12.5 Å². The molecule has 8 heteroatoms. The zero-order chi connectivity index (χ0) is 18.0. The van der Waals surface area contributed by atoms with Crippen LogP contribution in [0.1, 0.15) is 11.1 Å². The number of hydrogen-bond donors (Lipinski definition) is 1. The van der Waals surface area contributed by atoms with Crippen molar-refractivity contribution in [3.8, 4) is 5.75 Å². The first-order valence-corrected chi connectivity index (χ1v) is 8.63. The molecule has 0 saturated carbocycles. The highest BCUT2D eigenvalue weighted by atomic mass is 35.5. The smallest absolute Gasteiger partial charge is 0.262 e. The number of benzene rings is 2. The van der Waals surface area contributed by atoms with E-state index in [0.717, 1.165) is 0 Å². The molecule has 2 rings (SSSR count). The zero-order valence-electron chi connectivity index (χ0n) is 12.6. The second-order valence-corrected chi connectivity index (χ2v) is 6.88. The number of nitrogens with one attached hydrogen (secondary N) is 1. The van der Waals surface area contributed by atoms with E-state index >= 15 is 0 Å². The largest absolute Gasteiger partial charge is 0.481 e. The van der Waals surface area contributed by atoms with Crippen molar-refractivity contribution in [2.24, 2.45) is 0 Å². The number of ether oxygens (including phenoxy) is 1. The number of halogens is 5. The van der Waals surface area contributed by atoms with Gasteiger partial charge >= 0.3 is 0 Å². The Morgan fingerprint density at radius 1 is 0.958 bits per heavy atom. The lowest BCUT2D eigenvalue weighted by Crippen LogP contribution is -2.20. The Morgan fingerprint density at radius 3 is 2.12 bits per heavy atom. The second kappa shape index (κ2) is 8.03. The Balaban J connectivity index is 2.14. The lowest BCUT2D eigenvalue weighted by molar-refractivity contribution is -0.118. The molecule has 0 aliphatic carbocycles. The maximum absolute atomic E-state index is 12.1. The highest BCUT2D eigenvalue weighted by molar-refractivity contribution is 6.44. The molecule has 0 fully saturated rings. The van der Waals surface area contributed by atoms with Crippen LogP contribution in [0.15, 0.2) is 18.2 Å². The predicted molar refractivity (Wildman–Crippen MR) is 102 cm³/mol. The van der Waals surface area contributed by atoms with Crippen molar-refractivity contribution in [3.05, 3.63) is 54.4 Å². The summed E-state index contributed by atoms with van der Waals surface area (Å²) in [7, 11) is 0. The molecule has 0 heterocycles. The van der Waals surface area contributed by atoms with Gasteiger partial charge in [0.1, 0.15) is 0 Å². The monoisotopic (exact) mass is 425 g/mol. The molecule has 24 heavy (non-hydrogen) atoms. The lowest BCUT2D eigenvalue weighted by atomic mass is 10.1. The van der Waals surface area contributed by atoms with E-state index in [1.54, 1.807) is 32.0 Å². The fourth-order valence-corrected chi connectivity index (χ4v) is 3.13. The molecule has 2 aromatic carbocycles. The molecule has 3 nitrogen and oxygen atoms in total. The van der Waals surface area contributed by atoms with E-state index in [1.165, 1.54) is 0 Å². The van der Waals surface area contributed by atoms with Crippen molar-refractivity contribution in [3.63, 3.8) is 0 Å². The fraction of sp³-hybridized carbons (Fsp3) is 0.188. The zero-order valence-corrected chi connectivity index (χ0v) is 16.4. The normalized spacial score (nSPS) is 10.6. The van der Waals surface area contributed by atoms with Crippen LogP contribution in [0.4, 0.5) is 5.69 Å². The molecular formula is C16H12Cl5NO2. The highest BCUT2D eigenvalue weighted by Gasteiger charge is 2.19. The van der Waals surface area contributed by atoms with E-state index < -0.39 is 5.91 Å². The van der Waals surface area contributed by atoms with Crippen LogP contribution in [0.3, 0.4) is 0 Å². The average Bonchev–Trinajstić information content (AvgIpc) is 2.55. The minimum atomic E-state index is -0.434. The van der Waals surface area contributed by atoms with Gasteiger partial charge in [-0.1, -0.05) is 64.1 Å². The van der Waals surface area contributed by atoms with Crippen LogP contribution < -0.4 is 10.1 Å². The van der Waals surface area contributed by atoms with Gasteiger partial charge in [0, 0.05) is 5.02 Å². The molecule has 0 saturated heterocycles. The van der Waals surface area contributed by atoms with Gasteiger partial charge < -0.3 is 10.1 Å². The summed E-state index contributed by atoms with van der Waals surface area (Å²) < 4.78 is 5.48. The van der Waals surface area contributed by atoms with Gasteiger partial charge in [0.25, 0.3) is 5.91 Å².